The van der Waals surface area contributed by atoms with Gasteiger partial charge in [-0.15, -0.1) is 0 Å². The molecule has 1 aliphatic carbocycles. The third-order valence-electron chi connectivity index (χ3n) is 6.22. The van der Waals surface area contributed by atoms with E-state index in [9.17, 15) is 4.79 Å². The van der Waals surface area contributed by atoms with E-state index in [-0.39, 0.29) is 24.8 Å². The normalized spacial score (nSPS) is 14.6. The molecule has 0 unspecified atom stereocenters. The third-order valence-corrected chi connectivity index (χ3v) is 6.22. The van der Waals surface area contributed by atoms with Crippen molar-refractivity contribution in [2.75, 3.05) is 7.05 Å². The monoisotopic (exact) mass is 429 g/mol. The number of rotatable bonds is 8. The molecule has 170 valence electrons. The summed E-state index contributed by atoms with van der Waals surface area (Å²) >= 11 is 0. The van der Waals surface area contributed by atoms with Gasteiger partial charge in [0.25, 0.3) is 0 Å². The van der Waals surface area contributed by atoms with Gasteiger partial charge in [-0.1, -0.05) is 25.4 Å². The summed E-state index contributed by atoms with van der Waals surface area (Å²) in [5.74, 6) is 1.34. The van der Waals surface area contributed by atoms with Gasteiger partial charge < -0.3 is 18.9 Å². The summed E-state index contributed by atoms with van der Waals surface area (Å²) in [6.07, 6.45) is 7.64. The first kappa shape index (κ1) is 23.1. The largest absolute Gasteiger partial charge is 0.489 e. The average molecular weight is 430 g/mol. The Morgan fingerprint density at radius 1 is 1.16 bits per heavy atom. The molecule has 0 aliphatic heterocycles. The van der Waals surface area contributed by atoms with E-state index in [4.69, 9.17) is 19.0 Å². The van der Waals surface area contributed by atoms with Gasteiger partial charge in [0.15, 0.2) is 5.76 Å². The molecule has 1 fully saturated rings. The lowest BCUT2D eigenvalue weighted by Gasteiger charge is -2.25. The first-order chi connectivity index (χ1) is 14.9. The Morgan fingerprint density at radius 3 is 2.52 bits per heavy atom. The van der Waals surface area contributed by atoms with Crippen LogP contribution in [0.3, 0.4) is 0 Å². The lowest BCUT2D eigenvalue weighted by molar-refractivity contribution is 0.0892. The van der Waals surface area contributed by atoms with Crippen molar-refractivity contribution >= 4 is 6.09 Å². The van der Waals surface area contributed by atoms with Crippen LogP contribution in [0, 0.1) is 13.8 Å². The SMILES string of the molecule is CCC(CC)N(C)C(=O)OCc1c(C)noc1-c1ccc(OC2CCCCC2)c(C)n1. The minimum absolute atomic E-state index is 0.0923. The predicted octanol–water partition coefficient (Wildman–Crippen LogP) is 5.82. The van der Waals surface area contributed by atoms with E-state index in [1.54, 1.807) is 11.9 Å². The number of pyridine rings is 1. The Bertz CT molecular complexity index is 870. The predicted molar refractivity (Wildman–Crippen MR) is 119 cm³/mol. The van der Waals surface area contributed by atoms with Crippen LogP contribution in [-0.2, 0) is 11.3 Å². The number of carbonyl (C=O) groups excluding carboxylic acids is 1. The van der Waals surface area contributed by atoms with Gasteiger partial charge in [0, 0.05) is 13.1 Å². The molecule has 31 heavy (non-hydrogen) atoms. The first-order valence-electron chi connectivity index (χ1n) is 11.4. The van der Waals surface area contributed by atoms with Crippen molar-refractivity contribution in [1.29, 1.82) is 0 Å². The second kappa shape index (κ2) is 10.6. The van der Waals surface area contributed by atoms with Crippen molar-refractivity contribution in [3.05, 3.63) is 29.1 Å². The topological polar surface area (TPSA) is 77.7 Å². The number of aryl methyl sites for hydroxylation is 2. The number of nitrogens with zero attached hydrogens (tertiary/aromatic N) is 3. The highest BCUT2D eigenvalue weighted by molar-refractivity contribution is 5.68. The van der Waals surface area contributed by atoms with Crippen LogP contribution in [0.4, 0.5) is 4.79 Å². The number of carbonyl (C=O) groups is 1. The molecule has 7 nitrogen and oxygen atoms in total. The second-order valence-corrected chi connectivity index (χ2v) is 8.37. The molecule has 0 saturated heterocycles. The summed E-state index contributed by atoms with van der Waals surface area (Å²) in [6, 6.07) is 3.99. The number of aromatic nitrogens is 2. The molecule has 1 amide bonds. The molecule has 2 aromatic rings. The van der Waals surface area contributed by atoms with E-state index in [2.05, 4.69) is 19.0 Å². The molecule has 7 heteroatoms. The maximum atomic E-state index is 12.5. The number of hydrogen-bond acceptors (Lipinski definition) is 6. The lowest BCUT2D eigenvalue weighted by atomic mass is 9.98. The zero-order chi connectivity index (χ0) is 22.4. The van der Waals surface area contributed by atoms with Crippen molar-refractivity contribution in [3.63, 3.8) is 0 Å². The molecule has 0 N–H and O–H groups in total. The van der Waals surface area contributed by atoms with Crippen molar-refractivity contribution in [3.8, 4) is 17.2 Å². The molecule has 0 aromatic carbocycles. The van der Waals surface area contributed by atoms with E-state index >= 15 is 0 Å². The molecule has 2 heterocycles. The van der Waals surface area contributed by atoms with Gasteiger partial charge in [0.2, 0.25) is 0 Å². The minimum atomic E-state index is -0.347. The minimum Gasteiger partial charge on any atom is -0.489 e. The fourth-order valence-corrected chi connectivity index (χ4v) is 4.14. The van der Waals surface area contributed by atoms with Gasteiger partial charge >= 0.3 is 6.09 Å². The summed E-state index contributed by atoms with van der Waals surface area (Å²) in [5, 5.41) is 4.08. The van der Waals surface area contributed by atoms with Crippen LogP contribution in [0.15, 0.2) is 16.7 Å². The van der Waals surface area contributed by atoms with Gasteiger partial charge in [-0.2, -0.15) is 0 Å². The number of hydrogen-bond donors (Lipinski definition) is 0. The highest BCUT2D eigenvalue weighted by Gasteiger charge is 2.23. The highest BCUT2D eigenvalue weighted by atomic mass is 16.6. The Hall–Kier alpha value is -2.57. The van der Waals surface area contributed by atoms with Crippen LogP contribution < -0.4 is 4.74 Å². The first-order valence-corrected chi connectivity index (χ1v) is 11.4. The molecule has 0 bridgehead atoms. The fourth-order valence-electron chi connectivity index (χ4n) is 4.14. The molecule has 0 radical (unpaired) electrons. The van der Waals surface area contributed by atoms with Gasteiger partial charge in [0.05, 0.1) is 23.1 Å². The third kappa shape index (κ3) is 5.57. The van der Waals surface area contributed by atoms with E-state index in [1.165, 1.54) is 19.3 Å². The van der Waals surface area contributed by atoms with Crippen LogP contribution in [-0.4, -0.2) is 40.3 Å². The Balaban J connectivity index is 1.71. The van der Waals surface area contributed by atoms with Gasteiger partial charge in [0.1, 0.15) is 18.1 Å². The molecule has 1 aliphatic rings. The number of ether oxygens (including phenoxy) is 2. The molecule has 1 saturated carbocycles. The highest BCUT2D eigenvalue weighted by Crippen LogP contribution is 2.30. The molecular formula is C24H35N3O4. The standard InChI is InChI=1S/C24H35N3O4/c1-6-18(7-2)27(5)24(28)29-15-20-16(3)26-31-23(20)21-13-14-22(17(4)25-21)30-19-11-9-8-10-12-19/h13-14,18-19H,6-12,15H2,1-5H3. The zero-order valence-electron chi connectivity index (χ0n) is 19.4. The summed E-state index contributed by atoms with van der Waals surface area (Å²) in [5.41, 5.74) is 2.90. The van der Waals surface area contributed by atoms with E-state index in [0.717, 1.165) is 42.7 Å². The van der Waals surface area contributed by atoms with Gasteiger partial charge in [-0.05, 0) is 64.5 Å². The van der Waals surface area contributed by atoms with Crippen molar-refractivity contribution in [2.45, 2.75) is 91.4 Å². The number of amides is 1. The van der Waals surface area contributed by atoms with E-state index < -0.39 is 0 Å². The zero-order valence-corrected chi connectivity index (χ0v) is 19.4. The van der Waals surface area contributed by atoms with Crippen LogP contribution in [0.2, 0.25) is 0 Å². The smallest absolute Gasteiger partial charge is 0.410 e. The molecule has 2 aromatic heterocycles. The van der Waals surface area contributed by atoms with E-state index in [1.807, 2.05) is 26.0 Å². The average Bonchev–Trinajstić information content (AvgIpc) is 3.15. The maximum absolute atomic E-state index is 12.5. The molecule has 0 spiro atoms. The summed E-state index contributed by atoms with van der Waals surface area (Å²) in [7, 11) is 1.78. The molecule has 0 atom stereocenters. The summed E-state index contributed by atoms with van der Waals surface area (Å²) in [4.78, 5) is 18.8. The van der Waals surface area contributed by atoms with Crippen molar-refractivity contribution in [2.24, 2.45) is 0 Å². The molecular weight excluding hydrogens is 394 g/mol. The Morgan fingerprint density at radius 2 is 1.87 bits per heavy atom. The van der Waals surface area contributed by atoms with E-state index in [0.29, 0.717) is 17.1 Å². The lowest BCUT2D eigenvalue weighted by Crippen LogP contribution is -2.36. The Labute approximate surface area is 185 Å². The maximum Gasteiger partial charge on any atom is 0.410 e. The Kier molecular flexibility index (Phi) is 7.93. The van der Waals surface area contributed by atoms with Crippen LogP contribution >= 0.6 is 0 Å². The van der Waals surface area contributed by atoms with Gasteiger partial charge in [-0.3, -0.25) is 0 Å². The van der Waals surface area contributed by atoms with Gasteiger partial charge in [-0.25, -0.2) is 9.78 Å². The van der Waals surface area contributed by atoms with Crippen LogP contribution in [0.1, 0.15) is 75.7 Å². The van der Waals surface area contributed by atoms with Crippen molar-refractivity contribution < 1.29 is 18.8 Å². The summed E-state index contributed by atoms with van der Waals surface area (Å²) in [6.45, 7) is 8.00. The molecule has 3 rings (SSSR count). The fraction of sp³-hybridized carbons (Fsp3) is 0.625. The van der Waals surface area contributed by atoms with Crippen molar-refractivity contribution in [1.82, 2.24) is 15.0 Å². The van der Waals surface area contributed by atoms with Crippen LogP contribution in [0.5, 0.6) is 5.75 Å². The quantitative estimate of drug-likeness (QED) is 0.526. The summed E-state index contributed by atoms with van der Waals surface area (Å²) < 4.78 is 17.3. The second-order valence-electron chi connectivity index (χ2n) is 8.37. The van der Waals surface area contributed by atoms with Crippen LogP contribution in [0.25, 0.3) is 11.5 Å².